The fraction of sp³-hybridized carbons (Fsp3) is 0.706. The van der Waals surface area contributed by atoms with Gasteiger partial charge in [-0.2, -0.15) is 4.98 Å². The summed E-state index contributed by atoms with van der Waals surface area (Å²) in [6.07, 6.45) is 8.90. The topological polar surface area (TPSA) is 57.4 Å². The molecule has 2 aliphatic rings. The third-order valence-electron chi connectivity index (χ3n) is 4.62. The van der Waals surface area contributed by atoms with E-state index in [-0.39, 0.29) is 6.10 Å². The van der Waals surface area contributed by atoms with Crippen molar-refractivity contribution in [2.45, 2.75) is 58.0 Å². The minimum Gasteiger partial charge on any atom is -0.476 e. The second-order valence-electron chi connectivity index (χ2n) is 6.48. The third kappa shape index (κ3) is 4.02. The maximum absolute atomic E-state index is 6.06. The summed E-state index contributed by atoms with van der Waals surface area (Å²) in [4.78, 5) is 4.45. The molecule has 0 aromatic carbocycles. The number of nitrogens with zero attached hydrogens (tertiary/aromatic N) is 1. The van der Waals surface area contributed by atoms with Crippen molar-refractivity contribution in [2.24, 2.45) is 11.8 Å². The molecule has 3 rings (SSSR count). The first-order chi connectivity index (χ1) is 10.2. The molecule has 2 saturated carbocycles. The second kappa shape index (κ2) is 6.54. The van der Waals surface area contributed by atoms with Crippen LogP contribution >= 0.6 is 0 Å². The summed E-state index contributed by atoms with van der Waals surface area (Å²) in [6, 6.07) is 3.69. The first-order valence-electron chi connectivity index (χ1n) is 8.30. The van der Waals surface area contributed by atoms with Gasteiger partial charge in [0, 0.05) is 6.07 Å². The van der Waals surface area contributed by atoms with Gasteiger partial charge in [-0.25, -0.2) is 0 Å². The number of hydrogen-bond donors (Lipinski definition) is 1. The van der Waals surface area contributed by atoms with E-state index in [1.807, 2.05) is 12.1 Å². The Labute approximate surface area is 127 Å². The van der Waals surface area contributed by atoms with E-state index in [4.69, 9.17) is 15.2 Å². The molecule has 0 saturated heterocycles. The molecule has 2 unspecified atom stereocenters. The summed E-state index contributed by atoms with van der Waals surface area (Å²) >= 11 is 0. The number of ether oxygens (including phenoxy) is 2. The molecule has 1 heterocycles. The SMILES string of the molecule is CCC1CCCC(Oc2ccc(N)c(OCC3CC3)n2)C1. The molecule has 2 fully saturated rings. The van der Waals surface area contributed by atoms with Crippen LogP contribution in [0.25, 0.3) is 0 Å². The Kier molecular flexibility index (Phi) is 4.51. The Morgan fingerprint density at radius 2 is 2.05 bits per heavy atom. The van der Waals surface area contributed by atoms with Crippen LogP contribution in [0.1, 0.15) is 51.9 Å². The van der Waals surface area contributed by atoms with Gasteiger partial charge in [0.2, 0.25) is 11.8 Å². The van der Waals surface area contributed by atoms with Gasteiger partial charge in [0.1, 0.15) is 6.10 Å². The highest BCUT2D eigenvalue weighted by atomic mass is 16.5. The van der Waals surface area contributed by atoms with E-state index in [1.165, 1.54) is 32.1 Å². The number of pyridine rings is 1. The van der Waals surface area contributed by atoms with Gasteiger partial charge in [-0.1, -0.05) is 19.8 Å². The van der Waals surface area contributed by atoms with Crippen LogP contribution in [-0.2, 0) is 0 Å². The van der Waals surface area contributed by atoms with Crippen LogP contribution in [0.4, 0.5) is 5.69 Å². The highest BCUT2D eigenvalue weighted by Gasteiger charge is 2.24. The summed E-state index contributed by atoms with van der Waals surface area (Å²) < 4.78 is 11.8. The standard InChI is InChI=1S/C17H26N2O2/c1-2-12-4-3-5-14(10-12)21-16-9-8-15(18)17(19-16)20-11-13-6-7-13/h8-9,12-14H,2-7,10-11,18H2,1H3. The number of nitrogens with two attached hydrogens (primary N) is 1. The van der Waals surface area contributed by atoms with E-state index >= 15 is 0 Å². The molecule has 2 aliphatic carbocycles. The zero-order chi connectivity index (χ0) is 14.7. The molecule has 4 heteroatoms. The molecule has 0 bridgehead atoms. The molecule has 4 nitrogen and oxygen atoms in total. The minimum atomic E-state index is 0.288. The van der Waals surface area contributed by atoms with E-state index in [0.29, 0.717) is 23.4 Å². The third-order valence-corrected chi connectivity index (χ3v) is 4.62. The van der Waals surface area contributed by atoms with Crippen LogP contribution in [-0.4, -0.2) is 17.7 Å². The second-order valence-corrected chi connectivity index (χ2v) is 6.48. The van der Waals surface area contributed by atoms with Gasteiger partial charge in [-0.15, -0.1) is 0 Å². The molecular formula is C17H26N2O2. The van der Waals surface area contributed by atoms with Gasteiger partial charge < -0.3 is 15.2 Å². The number of aromatic nitrogens is 1. The normalized spacial score (nSPS) is 25.6. The fourth-order valence-corrected chi connectivity index (χ4v) is 2.99. The first-order valence-corrected chi connectivity index (χ1v) is 8.30. The first kappa shape index (κ1) is 14.5. The van der Waals surface area contributed by atoms with Crippen LogP contribution < -0.4 is 15.2 Å². The van der Waals surface area contributed by atoms with E-state index in [1.54, 1.807) is 0 Å². The predicted octanol–water partition coefficient (Wildman–Crippen LogP) is 3.80. The van der Waals surface area contributed by atoms with Crippen molar-refractivity contribution < 1.29 is 9.47 Å². The Bertz CT molecular complexity index is 474. The molecule has 0 spiro atoms. The van der Waals surface area contributed by atoms with Gasteiger partial charge in [-0.3, -0.25) is 0 Å². The fourth-order valence-electron chi connectivity index (χ4n) is 2.99. The van der Waals surface area contributed by atoms with Crippen molar-refractivity contribution in [1.29, 1.82) is 0 Å². The van der Waals surface area contributed by atoms with Crippen molar-refractivity contribution >= 4 is 5.69 Å². The zero-order valence-corrected chi connectivity index (χ0v) is 12.9. The van der Waals surface area contributed by atoms with Gasteiger partial charge in [-0.05, 0) is 50.0 Å². The van der Waals surface area contributed by atoms with Crippen LogP contribution in [0.15, 0.2) is 12.1 Å². The number of anilines is 1. The molecule has 21 heavy (non-hydrogen) atoms. The number of nitrogen functional groups attached to an aromatic ring is 1. The maximum Gasteiger partial charge on any atom is 0.240 e. The van der Waals surface area contributed by atoms with Gasteiger partial charge in [0.25, 0.3) is 0 Å². The van der Waals surface area contributed by atoms with Gasteiger partial charge in [0.15, 0.2) is 0 Å². The summed E-state index contributed by atoms with van der Waals surface area (Å²) in [5.74, 6) is 2.67. The Hall–Kier alpha value is -1.45. The molecule has 0 aliphatic heterocycles. The van der Waals surface area contributed by atoms with Crippen LogP contribution in [0, 0.1) is 11.8 Å². The number of hydrogen-bond acceptors (Lipinski definition) is 4. The molecule has 0 radical (unpaired) electrons. The van der Waals surface area contributed by atoms with Crippen molar-refractivity contribution in [2.75, 3.05) is 12.3 Å². The Balaban J connectivity index is 1.60. The van der Waals surface area contributed by atoms with Gasteiger partial charge >= 0.3 is 0 Å². The lowest BCUT2D eigenvalue weighted by atomic mass is 9.85. The molecule has 0 amide bonds. The highest BCUT2D eigenvalue weighted by molar-refractivity contribution is 5.49. The minimum absolute atomic E-state index is 0.288. The molecule has 2 atom stereocenters. The Morgan fingerprint density at radius 3 is 2.81 bits per heavy atom. The average Bonchev–Trinajstić information content (AvgIpc) is 3.32. The largest absolute Gasteiger partial charge is 0.476 e. The Morgan fingerprint density at radius 1 is 1.19 bits per heavy atom. The van der Waals surface area contributed by atoms with E-state index < -0.39 is 0 Å². The zero-order valence-electron chi connectivity index (χ0n) is 12.9. The van der Waals surface area contributed by atoms with Crippen molar-refractivity contribution in [3.8, 4) is 11.8 Å². The lowest BCUT2D eigenvalue weighted by molar-refractivity contribution is 0.116. The lowest BCUT2D eigenvalue weighted by Crippen LogP contribution is -2.25. The van der Waals surface area contributed by atoms with Crippen LogP contribution in [0.5, 0.6) is 11.8 Å². The summed E-state index contributed by atoms with van der Waals surface area (Å²) in [5, 5.41) is 0. The molecular weight excluding hydrogens is 264 g/mol. The van der Waals surface area contributed by atoms with Crippen molar-refractivity contribution in [1.82, 2.24) is 4.98 Å². The monoisotopic (exact) mass is 290 g/mol. The predicted molar refractivity (Wildman–Crippen MR) is 83.5 cm³/mol. The van der Waals surface area contributed by atoms with Crippen molar-refractivity contribution in [3.05, 3.63) is 12.1 Å². The molecule has 1 aromatic heterocycles. The highest BCUT2D eigenvalue weighted by Crippen LogP contribution is 2.32. The van der Waals surface area contributed by atoms with Crippen LogP contribution in [0.2, 0.25) is 0 Å². The molecule has 2 N–H and O–H groups in total. The van der Waals surface area contributed by atoms with E-state index in [9.17, 15) is 0 Å². The quantitative estimate of drug-likeness (QED) is 0.865. The lowest BCUT2D eigenvalue weighted by Gasteiger charge is -2.28. The van der Waals surface area contributed by atoms with Crippen molar-refractivity contribution in [3.63, 3.8) is 0 Å². The van der Waals surface area contributed by atoms with Crippen LogP contribution in [0.3, 0.4) is 0 Å². The maximum atomic E-state index is 6.06. The smallest absolute Gasteiger partial charge is 0.240 e. The summed E-state index contributed by atoms with van der Waals surface area (Å²) in [5.41, 5.74) is 6.53. The summed E-state index contributed by atoms with van der Waals surface area (Å²) in [6.45, 7) is 2.99. The van der Waals surface area contributed by atoms with Gasteiger partial charge in [0.05, 0.1) is 12.3 Å². The molecule has 1 aromatic rings. The molecule has 116 valence electrons. The van der Waals surface area contributed by atoms with E-state index in [0.717, 1.165) is 25.4 Å². The summed E-state index contributed by atoms with van der Waals surface area (Å²) in [7, 11) is 0. The van der Waals surface area contributed by atoms with E-state index in [2.05, 4.69) is 11.9 Å². The average molecular weight is 290 g/mol. The number of rotatable bonds is 6.